The van der Waals surface area contributed by atoms with Crippen molar-refractivity contribution in [1.82, 2.24) is 9.55 Å². The zero-order valence-electron chi connectivity index (χ0n) is 15.5. The zero-order chi connectivity index (χ0) is 20.3. The molecule has 1 N–H and O–H groups in total. The third kappa shape index (κ3) is 3.86. The van der Waals surface area contributed by atoms with E-state index in [4.69, 9.17) is 5.26 Å². The lowest BCUT2D eigenvalue weighted by Crippen LogP contribution is -2.23. The molecule has 6 nitrogen and oxygen atoms in total. The first-order valence-corrected chi connectivity index (χ1v) is 10.3. The Kier molecular flexibility index (Phi) is 5.97. The van der Waals surface area contributed by atoms with Crippen LogP contribution in [0.1, 0.15) is 16.0 Å². The molecule has 8 heteroatoms. The van der Waals surface area contributed by atoms with Gasteiger partial charge in [0.25, 0.3) is 5.56 Å². The minimum Gasteiger partial charge on any atom is -0.324 e. The number of amides is 1. The number of carbonyl (C=O) groups is 1. The maximum Gasteiger partial charge on any atom is 0.263 e. The highest BCUT2D eigenvalue weighted by Gasteiger charge is 2.17. The minimum atomic E-state index is -0.272. The predicted octanol–water partition coefficient (Wildman–Crippen LogP) is 3.86. The molecule has 0 aliphatic carbocycles. The first-order valence-electron chi connectivity index (χ1n) is 8.49. The molecule has 0 saturated carbocycles. The van der Waals surface area contributed by atoms with Gasteiger partial charge >= 0.3 is 0 Å². The summed E-state index contributed by atoms with van der Waals surface area (Å²) in [6.45, 7) is 7.91. The number of aromatic nitrogens is 2. The van der Waals surface area contributed by atoms with Gasteiger partial charge in [0.1, 0.15) is 10.9 Å². The van der Waals surface area contributed by atoms with E-state index in [9.17, 15) is 9.59 Å². The lowest BCUT2D eigenvalue weighted by atomic mass is 10.2. The lowest BCUT2D eigenvalue weighted by molar-refractivity contribution is -0.113. The number of benzene rings is 1. The SMILES string of the molecule is C=CCn1c(SCC(=O)Nc2ccccc2C#N)nc2sc(C)c(C)c2c1=O. The summed E-state index contributed by atoms with van der Waals surface area (Å²) < 4.78 is 1.54. The number of hydrogen-bond acceptors (Lipinski definition) is 6. The van der Waals surface area contributed by atoms with Crippen LogP contribution in [0, 0.1) is 25.2 Å². The number of nitrogens with one attached hydrogen (secondary N) is 1. The number of nitrogens with zero attached hydrogens (tertiary/aromatic N) is 3. The Bertz CT molecular complexity index is 1170. The van der Waals surface area contributed by atoms with Crippen molar-refractivity contribution in [1.29, 1.82) is 5.26 Å². The fourth-order valence-electron chi connectivity index (χ4n) is 2.71. The first kappa shape index (κ1) is 19.9. The summed E-state index contributed by atoms with van der Waals surface area (Å²) in [6, 6.07) is 8.85. The molecule has 0 fully saturated rings. The second kappa shape index (κ2) is 8.42. The highest BCUT2D eigenvalue weighted by Crippen LogP contribution is 2.28. The van der Waals surface area contributed by atoms with Gasteiger partial charge in [-0.3, -0.25) is 14.2 Å². The van der Waals surface area contributed by atoms with Gasteiger partial charge < -0.3 is 5.32 Å². The van der Waals surface area contributed by atoms with Gasteiger partial charge in [0.2, 0.25) is 5.91 Å². The van der Waals surface area contributed by atoms with Crippen LogP contribution in [0.3, 0.4) is 0 Å². The molecule has 0 aliphatic heterocycles. The highest BCUT2D eigenvalue weighted by atomic mass is 32.2. The smallest absolute Gasteiger partial charge is 0.263 e. The van der Waals surface area contributed by atoms with Crippen molar-refractivity contribution in [2.45, 2.75) is 25.5 Å². The van der Waals surface area contributed by atoms with E-state index < -0.39 is 0 Å². The third-order valence-electron chi connectivity index (χ3n) is 4.22. The van der Waals surface area contributed by atoms with Crippen molar-refractivity contribution in [2.75, 3.05) is 11.1 Å². The van der Waals surface area contributed by atoms with Gasteiger partial charge in [0.05, 0.1) is 22.4 Å². The number of hydrogen-bond donors (Lipinski definition) is 1. The lowest BCUT2D eigenvalue weighted by Gasteiger charge is -2.11. The Balaban J connectivity index is 1.86. The van der Waals surface area contributed by atoms with Crippen LogP contribution in [-0.2, 0) is 11.3 Å². The Morgan fingerprint density at radius 3 is 2.89 bits per heavy atom. The van der Waals surface area contributed by atoms with Crippen LogP contribution in [0.15, 0.2) is 46.9 Å². The summed E-state index contributed by atoms with van der Waals surface area (Å²) in [5, 5.41) is 13.0. The molecule has 0 unspecified atom stereocenters. The third-order valence-corrected chi connectivity index (χ3v) is 6.30. The van der Waals surface area contributed by atoms with E-state index in [0.29, 0.717) is 33.2 Å². The Morgan fingerprint density at radius 2 is 2.18 bits per heavy atom. The number of thioether (sulfide) groups is 1. The summed E-state index contributed by atoms with van der Waals surface area (Å²) in [5.41, 5.74) is 1.68. The van der Waals surface area contributed by atoms with Gasteiger partial charge in [-0.25, -0.2) is 4.98 Å². The first-order chi connectivity index (χ1) is 13.5. The van der Waals surface area contributed by atoms with Gasteiger partial charge in [-0.15, -0.1) is 17.9 Å². The fourth-order valence-corrected chi connectivity index (χ4v) is 4.59. The number of carbonyl (C=O) groups excluding carboxylic acids is 1. The fraction of sp³-hybridized carbons (Fsp3) is 0.200. The molecule has 0 aliphatic rings. The summed E-state index contributed by atoms with van der Waals surface area (Å²) >= 11 is 2.66. The van der Waals surface area contributed by atoms with Crippen LogP contribution in [0.4, 0.5) is 5.69 Å². The molecule has 2 heterocycles. The van der Waals surface area contributed by atoms with Crippen molar-refractivity contribution >= 4 is 44.9 Å². The monoisotopic (exact) mass is 410 g/mol. The van der Waals surface area contributed by atoms with Gasteiger partial charge in [0, 0.05) is 11.4 Å². The minimum absolute atomic E-state index is 0.0677. The predicted molar refractivity (Wildman–Crippen MR) is 114 cm³/mol. The summed E-state index contributed by atoms with van der Waals surface area (Å²) in [4.78, 5) is 31.6. The number of rotatable bonds is 6. The Morgan fingerprint density at radius 1 is 1.43 bits per heavy atom. The quantitative estimate of drug-likeness (QED) is 0.379. The topological polar surface area (TPSA) is 87.8 Å². The highest BCUT2D eigenvalue weighted by molar-refractivity contribution is 7.99. The molecule has 3 rings (SSSR count). The van der Waals surface area contributed by atoms with Gasteiger partial charge in [0.15, 0.2) is 5.16 Å². The maximum absolute atomic E-state index is 12.9. The van der Waals surface area contributed by atoms with E-state index in [0.717, 1.165) is 10.4 Å². The number of aryl methyl sites for hydroxylation is 2. The number of nitriles is 1. The van der Waals surface area contributed by atoms with E-state index in [-0.39, 0.29) is 17.2 Å². The molecule has 0 bridgehead atoms. The molecule has 3 aromatic rings. The van der Waals surface area contributed by atoms with Crippen LogP contribution in [0.5, 0.6) is 0 Å². The van der Waals surface area contributed by atoms with Crippen molar-refractivity contribution in [3.63, 3.8) is 0 Å². The zero-order valence-corrected chi connectivity index (χ0v) is 17.1. The van der Waals surface area contributed by atoms with E-state index in [1.54, 1.807) is 30.3 Å². The van der Waals surface area contributed by atoms with Gasteiger partial charge in [-0.1, -0.05) is 30.0 Å². The molecule has 2 aromatic heterocycles. The molecular weight excluding hydrogens is 392 g/mol. The molecular formula is C20H18N4O2S2. The normalized spacial score (nSPS) is 10.6. The molecule has 0 atom stereocenters. The number of fused-ring (bicyclic) bond motifs is 1. The number of anilines is 1. The van der Waals surface area contributed by atoms with Crippen LogP contribution in [-0.4, -0.2) is 21.2 Å². The van der Waals surface area contributed by atoms with Gasteiger partial charge in [-0.05, 0) is 31.5 Å². The largest absolute Gasteiger partial charge is 0.324 e. The van der Waals surface area contributed by atoms with Crippen LogP contribution in [0.2, 0.25) is 0 Å². The summed E-state index contributed by atoms with van der Waals surface area (Å²) in [7, 11) is 0. The molecule has 142 valence electrons. The second-order valence-electron chi connectivity index (χ2n) is 6.06. The van der Waals surface area contributed by atoms with E-state index in [2.05, 4.69) is 16.9 Å². The Labute approximate surface area is 170 Å². The molecule has 1 aromatic carbocycles. The number of para-hydroxylation sites is 1. The molecule has 1 amide bonds. The van der Waals surface area contributed by atoms with Gasteiger partial charge in [-0.2, -0.15) is 5.26 Å². The van der Waals surface area contributed by atoms with E-state index in [1.165, 1.54) is 27.7 Å². The standard InChI is InChI=1S/C20H18N4O2S2/c1-4-9-24-19(26)17-12(2)13(3)28-18(17)23-20(24)27-11-16(25)22-15-8-6-5-7-14(15)10-21/h4-8H,1,9,11H2,2-3H3,(H,22,25). The van der Waals surface area contributed by atoms with Crippen LogP contribution < -0.4 is 10.9 Å². The van der Waals surface area contributed by atoms with Crippen molar-refractivity contribution < 1.29 is 4.79 Å². The molecule has 0 radical (unpaired) electrons. The van der Waals surface area contributed by atoms with E-state index in [1.807, 2.05) is 19.9 Å². The average Bonchev–Trinajstić information content (AvgIpc) is 2.97. The molecule has 0 spiro atoms. The summed E-state index contributed by atoms with van der Waals surface area (Å²) in [5.74, 6) is -0.205. The molecule has 0 saturated heterocycles. The van der Waals surface area contributed by atoms with Crippen LogP contribution in [0.25, 0.3) is 10.2 Å². The van der Waals surface area contributed by atoms with Crippen molar-refractivity contribution in [3.05, 3.63) is 63.3 Å². The maximum atomic E-state index is 12.9. The van der Waals surface area contributed by atoms with Crippen molar-refractivity contribution in [2.24, 2.45) is 0 Å². The van der Waals surface area contributed by atoms with E-state index >= 15 is 0 Å². The number of allylic oxidation sites excluding steroid dienone is 1. The average molecular weight is 411 g/mol. The van der Waals surface area contributed by atoms with Crippen LogP contribution >= 0.6 is 23.1 Å². The number of thiophene rings is 1. The molecule has 28 heavy (non-hydrogen) atoms. The second-order valence-corrected chi connectivity index (χ2v) is 8.20. The Hall–Kier alpha value is -2.89. The van der Waals surface area contributed by atoms with Crippen molar-refractivity contribution in [3.8, 4) is 6.07 Å². The summed E-state index contributed by atoms with van der Waals surface area (Å²) in [6.07, 6.45) is 1.64.